The Kier molecular flexibility index (Phi) is 5.82. The Morgan fingerprint density at radius 2 is 2.05 bits per heavy atom. The van der Waals surface area contributed by atoms with Crippen LogP contribution in [0.2, 0.25) is 0 Å². The topological polar surface area (TPSA) is 86.7 Å². The van der Waals surface area contributed by atoms with Gasteiger partial charge in [-0.1, -0.05) is 0 Å². The molecule has 0 saturated carbocycles. The lowest BCUT2D eigenvalue weighted by molar-refractivity contribution is -0.114. The van der Waals surface area contributed by atoms with Gasteiger partial charge in [0.2, 0.25) is 15.9 Å². The fourth-order valence-electron chi connectivity index (χ4n) is 1.87. The van der Waals surface area contributed by atoms with Crippen LogP contribution in [0.3, 0.4) is 0 Å². The van der Waals surface area contributed by atoms with Crippen molar-refractivity contribution < 1.29 is 22.7 Å². The summed E-state index contributed by atoms with van der Waals surface area (Å²) in [5, 5.41) is 11.3. The average molecular weight is 318 g/mol. The van der Waals surface area contributed by atoms with E-state index in [1.165, 1.54) is 13.0 Å². The van der Waals surface area contributed by atoms with Gasteiger partial charge in [-0.25, -0.2) is 12.8 Å². The molecule has 1 aromatic rings. The summed E-state index contributed by atoms with van der Waals surface area (Å²) in [6.45, 7) is 4.06. The first-order valence-corrected chi connectivity index (χ1v) is 7.84. The van der Waals surface area contributed by atoms with Crippen molar-refractivity contribution in [1.29, 1.82) is 0 Å². The number of anilines is 1. The number of aliphatic hydroxyl groups excluding tert-OH is 1. The van der Waals surface area contributed by atoms with Gasteiger partial charge < -0.3 is 10.4 Å². The summed E-state index contributed by atoms with van der Waals surface area (Å²) in [4.78, 5) is 10.4. The number of nitrogens with one attached hydrogen (secondary N) is 1. The van der Waals surface area contributed by atoms with E-state index in [2.05, 4.69) is 5.32 Å². The highest BCUT2D eigenvalue weighted by atomic mass is 32.2. The summed E-state index contributed by atoms with van der Waals surface area (Å²) in [5.41, 5.74) is 0.178. The predicted octanol–water partition coefficient (Wildman–Crippen LogP) is 1.18. The maximum absolute atomic E-state index is 14.0. The number of rotatable bonds is 6. The first-order valence-electron chi connectivity index (χ1n) is 6.40. The number of hydrogen-bond acceptors (Lipinski definition) is 4. The maximum atomic E-state index is 14.0. The third-order valence-electron chi connectivity index (χ3n) is 2.74. The zero-order chi connectivity index (χ0) is 16.2. The molecule has 0 saturated heterocycles. The van der Waals surface area contributed by atoms with Gasteiger partial charge >= 0.3 is 0 Å². The molecule has 0 bridgehead atoms. The van der Waals surface area contributed by atoms with Gasteiger partial charge in [-0.15, -0.1) is 0 Å². The highest BCUT2D eigenvalue weighted by Crippen LogP contribution is 2.23. The second kappa shape index (κ2) is 6.97. The molecule has 118 valence electrons. The number of carbonyl (C=O) groups excluding carboxylic acids is 1. The second-order valence-electron chi connectivity index (χ2n) is 4.76. The highest BCUT2D eigenvalue weighted by Gasteiger charge is 2.29. The van der Waals surface area contributed by atoms with E-state index in [0.717, 1.165) is 16.4 Å². The Hall–Kier alpha value is -1.51. The van der Waals surface area contributed by atoms with Gasteiger partial charge in [-0.3, -0.25) is 4.79 Å². The molecular weight excluding hydrogens is 299 g/mol. The zero-order valence-electron chi connectivity index (χ0n) is 12.1. The average Bonchev–Trinajstić information content (AvgIpc) is 2.34. The second-order valence-corrected chi connectivity index (χ2v) is 6.62. The smallest absolute Gasteiger partial charge is 0.246 e. The number of nitrogens with zero attached hydrogens (tertiary/aromatic N) is 1. The molecule has 6 nitrogen and oxygen atoms in total. The number of amides is 1. The molecule has 1 amide bonds. The number of aliphatic hydroxyl groups is 1. The van der Waals surface area contributed by atoms with E-state index in [4.69, 9.17) is 5.11 Å². The minimum Gasteiger partial charge on any atom is -0.395 e. The molecule has 2 N–H and O–H groups in total. The van der Waals surface area contributed by atoms with Crippen LogP contribution < -0.4 is 5.32 Å². The third-order valence-corrected chi connectivity index (χ3v) is 4.84. The van der Waals surface area contributed by atoms with Crippen molar-refractivity contribution in [3.63, 3.8) is 0 Å². The van der Waals surface area contributed by atoms with E-state index < -0.39 is 26.8 Å². The lowest BCUT2D eigenvalue weighted by Crippen LogP contribution is -2.39. The molecule has 8 heteroatoms. The van der Waals surface area contributed by atoms with Crippen LogP contribution >= 0.6 is 0 Å². The molecule has 1 rings (SSSR count). The molecule has 1 aromatic carbocycles. The molecule has 0 unspecified atom stereocenters. The van der Waals surface area contributed by atoms with Gasteiger partial charge in [0.25, 0.3) is 0 Å². The zero-order valence-corrected chi connectivity index (χ0v) is 12.9. The number of hydrogen-bond donors (Lipinski definition) is 2. The van der Waals surface area contributed by atoms with Crippen LogP contribution in [-0.4, -0.2) is 42.9 Å². The molecule has 0 atom stereocenters. The molecule has 0 aliphatic heterocycles. The van der Waals surface area contributed by atoms with Crippen molar-refractivity contribution in [1.82, 2.24) is 4.31 Å². The SMILES string of the molecule is CC(=O)Nc1ccc(S(=O)(=O)N(CCO)C(C)C)c(F)c1. The fourth-order valence-corrected chi connectivity index (χ4v) is 3.55. The van der Waals surface area contributed by atoms with E-state index in [0.29, 0.717) is 0 Å². The minimum atomic E-state index is -4.05. The monoisotopic (exact) mass is 318 g/mol. The number of halogens is 1. The van der Waals surface area contributed by atoms with Crippen molar-refractivity contribution in [2.24, 2.45) is 0 Å². The highest BCUT2D eigenvalue weighted by molar-refractivity contribution is 7.89. The Bertz CT molecular complexity index is 617. The van der Waals surface area contributed by atoms with E-state index in [9.17, 15) is 17.6 Å². The molecule has 0 aromatic heterocycles. The quantitative estimate of drug-likeness (QED) is 0.824. The van der Waals surface area contributed by atoms with Crippen LogP contribution in [0.25, 0.3) is 0 Å². The number of benzene rings is 1. The van der Waals surface area contributed by atoms with Crippen molar-refractivity contribution in [3.05, 3.63) is 24.0 Å². The largest absolute Gasteiger partial charge is 0.395 e. The van der Waals surface area contributed by atoms with Crippen molar-refractivity contribution in [2.75, 3.05) is 18.5 Å². The lowest BCUT2D eigenvalue weighted by atomic mass is 10.3. The molecule has 21 heavy (non-hydrogen) atoms. The molecule has 0 radical (unpaired) electrons. The summed E-state index contributed by atoms with van der Waals surface area (Å²) in [7, 11) is -4.05. The van der Waals surface area contributed by atoms with E-state index >= 15 is 0 Å². The predicted molar refractivity (Wildman–Crippen MR) is 76.8 cm³/mol. The minimum absolute atomic E-state index is 0.118. The van der Waals surface area contributed by atoms with Crippen LogP contribution in [0, 0.1) is 5.82 Å². The Labute approximate surface area is 123 Å². The first-order chi connectivity index (χ1) is 9.70. The Balaban J connectivity index is 3.22. The normalized spacial score (nSPS) is 12.0. The van der Waals surface area contributed by atoms with Gasteiger partial charge in [0.15, 0.2) is 0 Å². The van der Waals surface area contributed by atoms with Gasteiger partial charge in [0.05, 0.1) is 6.61 Å². The number of sulfonamides is 1. The molecule has 0 heterocycles. The fraction of sp³-hybridized carbons (Fsp3) is 0.462. The van der Waals surface area contributed by atoms with Crippen LogP contribution in [-0.2, 0) is 14.8 Å². The van der Waals surface area contributed by atoms with Crippen LogP contribution in [0.4, 0.5) is 10.1 Å². The van der Waals surface area contributed by atoms with Crippen molar-refractivity contribution in [3.8, 4) is 0 Å². The molecule has 0 fully saturated rings. The lowest BCUT2D eigenvalue weighted by Gasteiger charge is -2.25. The van der Waals surface area contributed by atoms with Crippen LogP contribution in [0.1, 0.15) is 20.8 Å². The molecular formula is C13H19FN2O4S. The standard InChI is InChI=1S/C13H19FN2O4S/c1-9(2)16(6-7-17)21(19,20)13-5-4-11(8-12(13)14)15-10(3)18/h4-5,8-9,17H,6-7H2,1-3H3,(H,15,18). The summed E-state index contributed by atoms with van der Waals surface area (Å²) in [6.07, 6.45) is 0. The van der Waals surface area contributed by atoms with Crippen LogP contribution in [0.15, 0.2) is 23.1 Å². The molecule has 0 spiro atoms. The summed E-state index contributed by atoms with van der Waals surface area (Å²) < 4.78 is 39.9. The first kappa shape index (κ1) is 17.5. The van der Waals surface area contributed by atoms with Crippen LogP contribution in [0.5, 0.6) is 0 Å². The molecule has 0 aliphatic carbocycles. The van der Waals surface area contributed by atoms with Gasteiger partial charge in [-0.2, -0.15) is 4.31 Å². The molecule has 0 aliphatic rings. The summed E-state index contributed by atoms with van der Waals surface area (Å²) >= 11 is 0. The maximum Gasteiger partial charge on any atom is 0.246 e. The third kappa shape index (κ3) is 4.23. The van der Waals surface area contributed by atoms with Crippen molar-refractivity contribution >= 4 is 21.6 Å². The Morgan fingerprint density at radius 3 is 2.48 bits per heavy atom. The summed E-state index contributed by atoms with van der Waals surface area (Å²) in [6, 6.07) is 2.94. The summed E-state index contributed by atoms with van der Waals surface area (Å²) in [5.74, 6) is -1.33. The Morgan fingerprint density at radius 1 is 1.43 bits per heavy atom. The van der Waals surface area contributed by atoms with Crippen molar-refractivity contribution in [2.45, 2.75) is 31.7 Å². The number of carbonyl (C=O) groups is 1. The van der Waals surface area contributed by atoms with E-state index in [-0.39, 0.29) is 24.7 Å². The van der Waals surface area contributed by atoms with Gasteiger partial charge in [0.1, 0.15) is 10.7 Å². The van der Waals surface area contributed by atoms with Gasteiger partial charge in [0, 0.05) is 25.2 Å². The van der Waals surface area contributed by atoms with E-state index in [1.807, 2.05) is 0 Å². The van der Waals surface area contributed by atoms with E-state index in [1.54, 1.807) is 13.8 Å². The van der Waals surface area contributed by atoms with Gasteiger partial charge in [-0.05, 0) is 32.0 Å².